The van der Waals surface area contributed by atoms with Crippen LogP contribution in [0, 0.1) is 6.92 Å². The lowest BCUT2D eigenvalue weighted by Gasteiger charge is -2.11. The van der Waals surface area contributed by atoms with Crippen molar-refractivity contribution in [1.82, 2.24) is 15.0 Å². The highest BCUT2D eigenvalue weighted by molar-refractivity contribution is 5.87. The number of hydrogen-bond donors (Lipinski definition) is 1. The van der Waals surface area contributed by atoms with Gasteiger partial charge in [0.2, 0.25) is 5.89 Å². The largest absolute Gasteiger partial charge is 0.437 e. The fraction of sp³-hybridized carbons (Fsp3) is 0.273. The Morgan fingerprint density at radius 2 is 1.62 bits per heavy atom. The minimum atomic E-state index is -4.54. The number of nitrogens with zero attached hydrogens (tertiary/aromatic N) is 2. The summed E-state index contributed by atoms with van der Waals surface area (Å²) in [6.45, 7) is 7.61. The highest BCUT2D eigenvalue weighted by Gasteiger charge is 2.35. The molecule has 29 heavy (non-hydrogen) atoms. The highest BCUT2D eigenvalue weighted by atomic mass is 19.4. The summed E-state index contributed by atoms with van der Waals surface area (Å²) in [6.07, 6.45) is -4.54. The third kappa shape index (κ3) is 3.52. The SMILES string of the molecule is Cc1nc(C(C)(C)C)oc1-c1nc2c(C(F)(F)F)cc(-c3ccccc3)cc2[nH]1. The van der Waals surface area contributed by atoms with E-state index in [4.69, 9.17) is 4.42 Å². The first-order valence-corrected chi connectivity index (χ1v) is 9.19. The van der Waals surface area contributed by atoms with Crippen LogP contribution in [0.3, 0.4) is 0 Å². The van der Waals surface area contributed by atoms with E-state index < -0.39 is 11.7 Å². The minimum absolute atomic E-state index is 0.139. The Bertz CT molecular complexity index is 1180. The van der Waals surface area contributed by atoms with Gasteiger partial charge in [-0.1, -0.05) is 51.1 Å². The van der Waals surface area contributed by atoms with E-state index in [-0.39, 0.29) is 16.8 Å². The number of aromatic amines is 1. The summed E-state index contributed by atoms with van der Waals surface area (Å²) >= 11 is 0. The van der Waals surface area contributed by atoms with Gasteiger partial charge in [0.1, 0.15) is 5.52 Å². The topological polar surface area (TPSA) is 54.7 Å². The van der Waals surface area contributed by atoms with Gasteiger partial charge < -0.3 is 9.40 Å². The van der Waals surface area contributed by atoms with Crippen molar-refractivity contribution in [1.29, 1.82) is 0 Å². The fourth-order valence-corrected chi connectivity index (χ4v) is 3.18. The maximum Gasteiger partial charge on any atom is 0.418 e. The van der Waals surface area contributed by atoms with Gasteiger partial charge in [-0.3, -0.25) is 0 Å². The van der Waals surface area contributed by atoms with E-state index >= 15 is 0 Å². The van der Waals surface area contributed by atoms with Gasteiger partial charge in [0, 0.05) is 5.41 Å². The zero-order chi connectivity index (χ0) is 21.0. The molecule has 0 radical (unpaired) electrons. The van der Waals surface area contributed by atoms with E-state index in [0.29, 0.717) is 34.0 Å². The molecule has 1 N–H and O–H groups in total. The number of hydrogen-bond acceptors (Lipinski definition) is 3. The number of imidazole rings is 1. The minimum Gasteiger partial charge on any atom is -0.437 e. The molecule has 7 heteroatoms. The molecule has 0 saturated heterocycles. The molecule has 0 aliphatic heterocycles. The van der Waals surface area contributed by atoms with Gasteiger partial charge in [0.05, 0.1) is 16.8 Å². The van der Waals surface area contributed by atoms with Crippen molar-refractivity contribution in [2.75, 3.05) is 0 Å². The van der Waals surface area contributed by atoms with Crippen LogP contribution in [-0.2, 0) is 11.6 Å². The van der Waals surface area contributed by atoms with Crippen LogP contribution in [0.15, 0.2) is 46.9 Å². The van der Waals surface area contributed by atoms with Crippen molar-refractivity contribution in [3.8, 4) is 22.7 Å². The molecule has 4 nitrogen and oxygen atoms in total. The standard InChI is InChI=1S/C22H20F3N3O/c1-12-18(29-20(26-12)21(2,3)4)19-27-16-11-14(13-8-6-5-7-9-13)10-15(17(16)28-19)22(23,24)25/h5-11H,1-4H3,(H,27,28). The van der Waals surface area contributed by atoms with Crippen LogP contribution in [-0.4, -0.2) is 15.0 Å². The average Bonchev–Trinajstić information content (AvgIpc) is 3.23. The molecule has 0 bridgehead atoms. The number of fused-ring (bicyclic) bond motifs is 1. The summed E-state index contributed by atoms with van der Waals surface area (Å²) in [6, 6.07) is 11.8. The molecule has 0 fully saturated rings. The molecule has 0 spiro atoms. The van der Waals surface area contributed by atoms with Crippen molar-refractivity contribution < 1.29 is 17.6 Å². The number of H-pyrrole nitrogens is 1. The molecule has 150 valence electrons. The lowest BCUT2D eigenvalue weighted by atomic mass is 9.97. The lowest BCUT2D eigenvalue weighted by molar-refractivity contribution is -0.136. The molecule has 0 amide bonds. The molecule has 4 aromatic rings. The zero-order valence-corrected chi connectivity index (χ0v) is 16.5. The number of nitrogens with one attached hydrogen (secondary N) is 1. The summed E-state index contributed by atoms with van der Waals surface area (Å²) in [5.41, 5.74) is 0.775. The lowest BCUT2D eigenvalue weighted by Crippen LogP contribution is -2.11. The Morgan fingerprint density at radius 1 is 0.931 bits per heavy atom. The first kappa shape index (κ1) is 19.2. The molecule has 0 aliphatic carbocycles. The van der Waals surface area contributed by atoms with Crippen LogP contribution in [0.2, 0.25) is 0 Å². The number of rotatable bonds is 2. The van der Waals surface area contributed by atoms with E-state index in [2.05, 4.69) is 15.0 Å². The Kier molecular flexibility index (Phi) is 4.29. The maximum atomic E-state index is 13.8. The van der Waals surface area contributed by atoms with E-state index in [1.54, 1.807) is 37.3 Å². The molecule has 0 unspecified atom stereocenters. The van der Waals surface area contributed by atoms with E-state index in [1.807, 2.05) is 26.8 Å². The molecular weight excluding hydrogens is 379 g/mol. The van der Waals surface area contributed by atoms with Crippen molar-refractivity contribution in [2.45, 2.75) is 39.3 Å². The van der Waals surface area contributed by atoms with Crippen LogP contribution >= 0.6 is 0 Å². The van der Waals surface area contributed by atoms with Gasteiger partial charge >= 0.3 is 6.18 Å². The van der Waals surface area contributed by atoms with Crippen LogP contribution in [0.5, 0.6) is 0 Å². The van der Waals surface area contributed by atoms with Crippen LogP contribution in [0.1, 0.15) is 37.9 Å². The average molecular weight is 399 g/mol. The quantitative estimate of drug-likeness (QED) is 0.418. The Labute approximate surface area is 165 Å². The Morgan fingerprint density at radius 3 is 2.21 bits per heavy atom. The van der Waals surface area contributed by atoms with Gasteiger partial charge in [-0.05, 0) is 30.2 Å². The predicted octanol–water partition coefficient (Wildman–Crippen LogP) is 6.51. The van der Waals surface area contributed by atoms with Crippen molar-refractivity contribution in [3.05, 3.63) is 59.6 Å². The number of aryl methyl sites for hydroxylation is 1. The molecule has 2 aromatic carbocycles. The molecule has 0 aliphatic rings. The van der Waals surface area contributed by atoms with Crippen LogP contribution in [0.4, 0.5) is 13.2 Å². The summed E-state index contributed by atoms with van der Waals surface area (Å²) in [5.74, 6) is 1.09. The smallest absolute Gasteiger partial charge is 0.418 e. The van der Waals surface area contributed by atoms with Gasteiger partial charge in [-0.2, -0.15) is 13.2 Å². The molecular formula is C22H20F3N3O. The van der Waals surface area contributed by atoms with E-state index in [9.17, 15) is 13.2 Å². The normalized spacial score (nSPS) is 12.7. The summed E-state index contributed by atoms with van der Waals surface area (Å²) in [5, 5.41) is 0. The molecule has 0 saturated carbocycles. The Balaban J connectivity index is 1.93. The number of halogens is 3. The summed E-state index contributed by atoms with van der Waals surface area (Å²) < 4.78 is 47.2. The second kappa shape index (κ2) is 6.47. The van der Waals surface area contributed by atoms with E-state index in [1.165, 1.54) is 0 Å². The third-order valence-corrected chi connectivity index (χ3v) is 4.65. The van der Waals surface area contributed by atoms with Gasteiger partial charge in [-0.15, -0.1) is 0 Å². The first-order chi connectivity index (χ1) is 13.5. The number of aromatic nitrogens is 3. The highest BCUT2D eigenvalue weighted by Crippen LogP contribution is 2.39. The van der Waals surface area contributed by atoms with Crippen LogP contribution < -0.4 is 0 Å². The van der Waals surface area contributed by atoms with Gasteiger partial charge in [-0.25, -0.2) is 9.97 Å². The van der Waals surface area contributed by atoms with Crippen molar-refractivity contribution >= 4 is 11.0 Å². The molecule has 0 atom stereocenters. The molecule has 2 aromatic heterocycles. The van der Waals surface area contributed by atoms with Crippen LogP contribution in [0.25, 0.3) is 33.7 Å². The predicted molar refractivity (Wildman–Crippen MR) is 105 cm³/mol. The number of alkyl halides is 3. The van der Waals surface area contributed by atoms with Gasteiger partial charge in [0.25, 0.3) is 0 Å². The second-order valence-electron chi connectivity index (χ2n) is 8.05. The van der Waals surface area contributed by atoms with Gasteiger partial charge in [0.15, 0.2) is 11.6 Å². The first-order valence-electron chi connectivity index (χ1n) is 9.19. The number of oxazole rings is 1. The third-order valence-electron chi connectivity index (χ3n) is 4.65. The maximum absolute atomic E-state index is 13.8. The van der Waals surface area contributed by atoms with Crippen molar-refractivity contribution in [3.63, 3.8) is 0 Å². The molecule has 4 rings (SSSR count). The van der Waals surface area contributed by atoms with E-state index in [0.717, 1.165) is 6.07 Å². The Hall–Kier alpha value is -3.09. The summed E-state index contributed by atoms with van der Waals surface area (Å²) in [4.78, 5) is 11.6. The monoisotopic (exact) mass is 399 g/mol. The number of benzene rings is 2. The fourth-order valence-electron chi connectivity index (χ4n) is 3.18. The van der Waals surface area contributed by atoms with Crippen molar-refractivity contribution in [2.24, 2.45) is 0 Å². The molecule has 2 heterocycles. The zero-order valence-electron chi connectivity index (χ0n) is 16.5. The second-order valence-corrected chi connectivity index (χ2v) is 8.05. The summed E-state index contributed by atoms with van der Waals surface area (Å²) in [7, 11) is 0.